The number of imidazole rings is 1. The zero-order valence-electron chi connectivity index (χ0n) is 19.0. The first kappa shape index (κ1) is 22.3. The quantitative estimate of drug-likeness (QED) is 0.574. The highest BCUT2D eigenvalue weighted by atomic mass is 19.1. The second kappa shape index (κ2) is 9.28. The first-order valence-electron chi connectivity index (χ1n) is 10.7. The summed E-state index contributed by atoms with van der Waals surface area (Å²) >= 11 is 0. The van der Waals surface area contributed by atoms with Crippen molar-refractivity contribution in [2.45, 2.75) is 26.8 Å². The van der Waals surface area contributed by atoms with Crippen molar-refractivity contribution in [1.82, 2.24) is 19.8 Å². The van der Waals surface area contributed by atoms with Crippen LogP contribution < -0.4 is 10.1 Å². The fraction of sp³-hybridized carbons (Fsp3) is 0.240. The standard InChI is InChI=1S/C25H26FN5O2/c1-5-27-25-29-21(24(32)31(25)17(3)19-7-9-20(26)10-8-19)12-18-6-11-22(23(13-18)33-4)30-14-16(2)28-15-30/h6-15,17H,5H2,1-4H3,(H,27,29)/b21-12-/t17-/m0/s1. The number of benzene rings is 2. The molecule has 1 aliphatic heterocycles. The van der Waals surface area contributed by atoms with Gasteiger partial charge in [0.05, 0.1) is 30.9 Å². The molecular formula is C25H26FN5O2. The number of nitrogens with zero attached hydrogens (tertiary/aromatic N) is 4. The number of hydrogen-bond donors (Lipinski definition) is 1. The van der Waals surface area contributed by atoms with Crippen LogP contribution in [0.3, 0.4) is 0 Å². The van der Waals surface area contributed by atoms with Gasteiger partial charge in [-0.3, -0.25) is 14.7 Å². The molecule has 0 spiro atoms. The van der Waals surface area contributed by atoms with Gasteiger partial charge in [0.1, 0.15) is 17.3 Å². The van der Waals surface area contributed by atoms with Crippen LogP contribution in [0.15, 0.2) is 65.7 Å². The second-order valence-corrected chi connectivity index (χ2v) is 7.74. The summed E-state index contributed by atoms with van der Waals surface area (Å²) in [5.41, 5.74) is 3.78. The summed E-state index contributed by atoms with van der Waals surface area (Å²) in [6, 6.07) is 11.5. The van der Waals surface area contributed by atoms with E-state index in [0.29, 0.717) is 24.0 Å². The molecule has 0 bridgehead atoms. The van der Waals surface area contributed by atoms with Crippen molar-refractivity contribution in [3.05, 3.63) is 83.3 Å². The molecule has 2 heterocycles. The molecule has 4 rings (SSSR count). The van der Waals surface area contributed by atoms with E-state index in [0.717, 1.165) is 22.5 Å². The Kier molecular flexibility index (Phi) is 6.26. The highest BCUT2D eigenvalue weighted by Gasteiger charge is 2.35. The highest BCUT2D eigenvalue weighted by Crippen LogP contribution is 2.29. The predicted molar refractivity (Wildman–Crippen MR) is 126 cm³/mol. The first-order chi connectivity index (χ1) is 15.9. The van der Waals surface area contributed by atoms with Crippen molar-refractivity contribution < 1.29 is 13.9 Å². The maximum absolute atomic E-state index is 13.4. The maximum atomic E-state index is 13.4. The van der Waals surface area contributed by atoms with E-state index in [-0.39, 0.29) is 17.8 Å². The number of aromatic nitrogens is 2. The topological polar surface area (TPSA) is 71.7 Å². The molecule has 1 saturated heterocycles. The third-order valence-electron chi connectivity index (χ3n) is 5.48. The number of guanidine groups is 1. The third kappa shape index (κ3) is 4.50. The summed E-state index contributed by atoms with van der Waals surface area (Å²) in [4.78, 5) is 23.6. The van der Waals surface area contributed by atoms with Crippen molar-refractivity contribution in [2.24, 2.45) is 4.99 Å². The predicted octanol–water partition coefficient (Wildman–Crippen LogP) is 4.24. The molecule has 0 saturated carbocycles. The van der Waals surface area contributed by atoms with E-state index in [4.69, 9.17) is 4.74 Å². The molecule has 1 aliphatic rings. The smallest absolute Gasteiger partial charge is 0.277 e. The van der Waals surface area contributed by atoms with Crippen LogP contribution in [0, 0.1) is 12.7 Å². The van der Waals surface area contributed by atoms with E-state index in [1.54, 1.807) is 36.5 Å². The van der Waals surface area contributed by atoms with Crippen LogP contribution in [0.1, 0.15) is 36.7 Å². The van der Waals surface area contributed by atoms with E-state index in [2.05, 4.69) is 15.3 Å². The molecule has 1 atom stereocenters. The molecular weight excluding hydrogens is 421 g/mol. The lowest BCUT2D eigenvalue weighted by atomic mass is 10.1. The second-order valence-electron chi connectivity index (χ2n) is 7.74. The van der Waals surface area contributed by atoms with Crippen LogP contribution in [0.2, 0.25) is 0 Å². The van der Waals surface area contributed by atoms with Gasteiger partial charge in [-0.1, -0.05) is 18.2 Å². The van der Waals surface area contributed by atoms with Crippen LogP contribution in [-0.2, 0) is 4.79 Å². The maximum Gasteiger partial charge on any atom is 0.277 e. The van der Waals surface area contributed by atoms with Gasteiger partial charge in [-0.15, -0.1) is 0 Å². The van der Waals surface area contributed by atoms with Crippen LogP contribution in [-0.4, -0.2) is 40.0 Å². The summed E-state index contributed by atoms with van der Waals surface area (Å²) in [6.45, 7) is 6.24. The molecule has 170 valence electrons. The zero-order valence-corrected chi connectivity index (χ0v) is 19.0. The number of nitrogens with one attached hydrogen (secondary N) is 1. The Labute approximate surface area is 192 Å². The molecule has 1 N–H and O–H groups in total. The number of aliphatic imine (C=N–C) groups is 1. The van der Waals surface area contributed by atoms with Crippen molar-refractivity contribution in [2.75, 3.05) is 13.7 Å². The SMILES string of the molecule is CC/N=C1\N/C(=C\c2ccc(-n3cnc(C)c3)c(OC)c2)C(=O)N1[C@@H](C)c1ccc(F)cc1. The molecule has 2 aromatic carbocycles. The summed E-state index contributed by atoms with van der Waals surface area (Å²) in [5.74, 6) is 0.615. The zero-order chi connectivity index (χ0) is 23.5. The number of carbonyl (C=O) groups is 1. The molecule has 1 amide bonds. The number of halogens is 1. The largest absolute Gasteiger partial charge is 0.495 e. The van der Waals surface area contributed by atoms with E-state index in [1.165, 1.54) is 12.1 Å². The number of rotatable bonds is 6. The lowest BCUT2D eigenvalue weighted by molar-refractivity contribution is -0.123. The minimum Gasteiger partial charge on any atom is -0.495 e. The monoisotopic (exact) mass is 447 g/mol. The van der Waals surface area contributed by atoms with Gasteiger partial charge in [-0.25, -0.2) is 9.37 Å². The minimum absolute atomic E-state index is 0.202. The van der Waals surface area contributed by atoms with E-state index in [9.17, 15) is 9.18 Å². The lowest BCUT2D eigenvalue weighted by Gasteiger charge is -2.23. The van der Waals surface area contributed by atoms with Gasteiger partial charge in [-0.05, 0) is 62.2 Å². The Bertz CT molecular complexity index is 1230. The number of amides is 1. The molecule has 8 heteroatoms. The van der Waals surface area contributed by atoms with Gasteiger partial charge in [0.25, 0.3) is 5.91 Å². The van der Waals surface area contributed by atoms with Crippen LogP contribution in [0.4, 0.5) is 4.39 Å². The normalized spacial score (nSPS) is 17.0. The van der Waals surface area contributed by atoms with Crippen molar-refractivity contribution in [3.8, 4) is 11.4 Å². The van der Waals surface area contributed by atoms with Gasteiger partial charge in [0, 0.05) is 12.7 Å². The Hall–Kier alpha value is -3.94. The van der Waals surface area contributed by atoms with Crippen LogP contribution in [0.5, 0.6) is 5.75 Å². The van der Waals surface area contributed by atoms with E-state index >= 15 is 0 Å². The number of carbonyl (C=O) groups excluding carboxylic acids is 1. The molecule has 3 aromatic rings. The first-order valence-corrected chi connectivity index (χ1v) is 10.7. The summed E-state index contributed by atoms with van der Waals surface area (Å²) in [7, 11) is 1.61. The minimum atomic E-state index is -0.317. The van der Waals surface area contributed by atoms with E-state index in [1.807, 2.05) is 49.7 Å². The Morgan fingerprint density at radius 3 is 2.64 bits per heavy atom. The highest BCUT2D eigenvalue weighted by molar-refractivity contribution is 6.15. The van der Waals surface area contributed by atoms with Crippen molar-refractivity contribution in [3.63, 3.8) is 0 Å². The fourth-order valence-electron chi connectivity index (χ4n) is 3.79. The Morgan fingerprint density at radius 1 is 1.24 bits per heavy atom. The summed E-state index contributed by atoms with van der Waals surface area (Å²) in [6.07, 6.45) is 5.42. The van der Waals surface area contributed by atoms with E-state index < -0.39 is 0 Å². The van der Waals surface area contributed by atoms with Crippen LogP contribution in [0.25, 0.3) is 11.8 Å². The van der Waals surface area contributed by atoms with Crippen molar-refractivity contribution >= 4 is 17.9 Å². The Balaban J connectivity index is 1.66. The molecule has 1 fully saturated rings. The number of methoxy groups -OCH3 is 1. The van der Waals surface area contributed by atoms with Crippen LogP contribution >= 0.6 is 0 Å². The van der Waals surface area contributed by atoms with Gasteiger partial charge in [0.2, 0.25) is 5.96 Å². The summed E-state index contributed by atoms with van der Waals surface area (Å²) < 4.78 is 20.8. The van der Waals surface area contributed by atoms with Gasteiger partial charge >= 0.3 is 0 Å². The van der Waals surface area contributed by atoms with Gasteiger partial charge in [0.15, 0.2) is 0 Å². The van der Waals surface area contributed by atoms with Gasteiger partial charge < -0.3 is 14.6 Å². The molecule has 33 heavy (non-hydrogen) atoms. The lowest BCUT2D eigenvalue weighted by Crippen LogP contribution is -2.35. The number of ether oxygens (including phenoxy) is 1. The Morgan fingerprint density at radius 2 is 2.00 bits per heavy atom. The third-order valence-corrected chi connectivity index (χ3v) is 5.48. The number of aryl methyl sites for hydroxylation is 1. The van der Waals surface area contributed by atoms with Gasteiger partial charge in [-0.2, -0.15) is 0 Å². The number of hydrogen-bond acceptors (Lipinski definition) is 4. The van der Waals surface area contributed by atoms with Crippen molar-refractivity contribution in [1.29, 1.82) is 0 Å². The summed E-state index contributed by atoms with van der Waals surface area (Å²) in [5, 5.41) is 3.15. The average molecular weight is 448 g/mol. The molecule has 7 nitrogen and oxygen atoms in total. The molecule has 0 unspecified atom stereocenters. The fourth-order valence-corrected chi connectivity index (χ4v) is 3.79. The average Bonchev–Trinajstić information content (AvgIpc) is 3.37. The molecule has 1 aromatic heterocycles. The molecule has 0 radical (unpaired) electrons. The molecule has 0 aliphatic carbocycles.